The highest BCUT2D eigenvalue weighted by atomic mass is 16.2. The number of fused-ring (bicyclic) bond motifs is 1. The second-order valence-electron chi connectivity index (χ2n) is 10.0. The minimum Gasteiger partial charge on any atom is -0.341 e. The normalized spacial score (nSPS) is 18.0. The molecule has 8 nitrogen and oxygen atoms in total. The van der Waals surface area contributed by atoms with Gasteiger partial charge in [0.1, 0.15) is 6.54 Å². The number of nitrogens with zero attached hydrogens (tertiary/aromatic N) is 5. The third kappa shape index (κ3) is 4.76. The van der Waals surface area contributed by atoms with Gasteiger partial charge in [-0.05, 0) is 29.4 Å². The van der Waals surface area contributed by atoms with E-state index in [9.17, 15) is 14.4 Å². The van der Waals surface area contributed by atoms with E-state index in [2.05, 4.69) is 18.8 Å². The van der Waals surface area contributed by atoms with Gasteiger partial charge in [0.2, 0.25) is 5.91 Å². The molecule has 2 aromatic carbocycles. The van der Waals surface area contributed by atoms with Crippen LogP contribution in [0.3, 0.4) is 0 Å². The second-order valence-corrected chi connectivity index (χ2v) is 10.0. The zero-order valence-corrected chi connectivity index (χ0v) is 20.7. The Kier molecular flexibility index (Phi) is 6.59. The van der Waals surface area contributed by atoms with E-state index in [0.717, 1.165) is 22.1 Å². The average Bonchev–Trinajstić information content (AvgIpc) is 3.28. The number of carbonyl (C=O) groups is 1. The van der Waals surface area contributed by atoms with Gasteiger partial charge in [0.05, 0.1) is 12.9 Å². The van der Waals surface area contributed by atoms with Crippen molar-refractivity contribution in [3.05, 3.63) is 99.0 Å². The van der Waals surface area contributed by atoms with Crippen LogP contribution >= 0.6 is 0 Å². The fourth-order valence-corrected chi connectivity index (χ4v) is 5.29. The number of benzene rings is 2. The summed E-state index contributed by atoms with van der Waals surface area (Å²) in [6.45, 7) is 5.95. The van der Waals surface area contributed by atoms with Crippen molar-refractivity contribution in [2.45, 2.75) is 39.9 Å². The van der Waals surface area contributed by atoms with E-state index in [0.29, 0.717) is 42.6 Å². The van der Waals surface area contributed by atoms with Crippen molar-refractivity contribution in [3.8, 4) is 0 Å². The summed E-state index contributed by atoms with van der Waals surface area (Å²) in [4.78, 5) is 46.9. The molecule has 4 aromatic rings. The largest absolute Gasteiger partial charge is 0.341 e. The number of likely N-dealkylation sites (tertiary alicyclic amines) is 1. The fourth-order valence-electron chi connectivity index (χ4n) is 5.29. The predicted octanol–water partition coefficient (Wildman–Crippen LogP) is 2.96. The van der Waals surface area contributed by atoms with Gasteiger partial charge in [0.15, 0.2) is 11.2 Å². The molecule has 0 N–H and O–H groups in total. The minimum atomic E-state index is -0.521. The number of piperidine rings is 1. The second kappa shape index (κ2) is 9.97. The van der Waals surface area contributed by atoms with E-state index >= 15 is 0 Å². The zero-order chi connectivity index (χ0) is 25.2. The van der Waals surface area contributed by atoms with E-state index in [1.165, 1.54) is 4.57 Å². The lowest BCUT2D eigenvalue weighted by atomic mass is 9.92. The maximum atomic E-state index is 13.7. The van der Waals surface area contributed by atoms with Crippen molar-refractivity contribution in [2.24, 2.45) is 11.8 Å². The maximum Gasteiger partial charge on any atom is 0.333 e. The summed E-state index contributed by atoms with van der Waals surface area (Å²) in [5, 5.41) is 0. The first kappa shape index (κ1) is 23.8. The van der Waals surface area contributed by atoms with E-state index < -0.39 is 11.2 Å². The molecule has 5 rings (SSSR count). The first-order valence-corrected chi connectivity index (χ1v) is 12.4. The molecule has 36 heavy (non-hydrogen) atoms. The van der Waals surface area contributed by atoms with Crippen molar-refractivity contribution in [1.82, 2.24) is 23.6 Å². The molecule has 1 aliphatic heterocycles. The Hall–Kier alpha value is -3.94. The number of aromatic nitrogens is 4. The number of hydrogen-bond donors (Lipinski definition) is 0. The lowest BCUT2D eigenvalue weighted by Crippen LogP contribution is -2.48. The molecular weight excluding hydrogens is 454 g/mol. The quantitative estimate of drug-likeness (QED) is 0.421. The Labute approximate surface area is 209 Å². The molecule has 2 atom stereocenters. The number of imidazole rings is 1. The number of hydrogen-bond acceptors (Lipinski definition) is 4. The molecule has 1 fully saturated rings. The summed E-state index contributed by atoms with van der Waals surface area (Å²) < 4.78 is 4.35. The highest BCUT2D eigenvalue weighted by molar-refractivity contribution is 5.77. The van der Waals surface area contributed by atoms with Gasteiger partial charge in [-0.1, -0.05) is 74.5 Å². The first-order chi connectivity index (χ1) is 17.4. The van der Waals surface area contributed by atoms with Gasteiger partial charge < -0.3 is 9.47 Å². The monoisotopic (exact) mass is 485 g/mol. The third-order valence-corrected chi connectivity index (χ3v) is 6.88. The van der Waals surface area contributed by atoms with Crippen LogP contribution in [0.15, 0.2) is 76.6 Å². The van der Waals surface area contributed by atoms with Crippen molar-refractivity contribution in [3.63, 3.8) is 0 Å². The molecule has 2 aromatic heterocycles. The van der Waals surface area contributed by atoms with Crippen molar-refractivity contribution < 1.29 is 4.79 Å². The lowest BCUT2D eigenvalue weighted by molar-refractivity contribution is -0.134. The molecule has 1 aliphatic rings. The van der Waals surface area contributed by atoms with Crippen LogP contribution in [0.2, 0.25) is 0 Å². The van der Waals surface area contributed by atoms with Crippen LogP contribution in [0.4, 0.5) is 0 Å². The van der Waals surface area contributed by atoms with Crippen LogP contribution < -0.4 is 11.2 Å². The summed E-state index contributed by atoms with van der Waals surface area (Å²) in [7, 11) is 0. The van der Waals surface area contributed by atoms with E-state index in [1.54, 1.807) is 15.8 Å². The molecule has 1 amide bonds. The van der Waals surface area contributed by atoms with Crippen molar-refractivity contribution in [1.29, 1.82) is 0 Å². The molecule has 186 valence electrons. The molecule has 3 heterocycles. The molecule has 8 heteroatoms. The highest BCUT2D eigenvalue weighted by Gasteiger charge is 2.27. The molecule has 0 bridgehead atoms. The van der Waals surface area contributed by atoms with Crippen LogP contribution in [-0.4, -0.2) is 42.6 Å². The highest BCUT2D eigenvalue weighted by Crippen LogP contribution is 2.21. The standard InChI is InChI=1S/C28H31N5O3/c1-20-13-21(2)15-30(14-20)24(34)18-33-27(35)25-26(29-19-31(25)16-22-9-5-3-6-10-22)32(28(33)36)17-23-11-7-4-8-12-23/h3-12,19-21H,13-18H2,1-2H3/t20-,21+. The van der Waals surface area contributed by atoms with Crippen LogP contribution in [0.1, 0.15) is 31.4 Å². The van der Waals surface area contributed by atoms with Crippen molar-refractivity contribution >= 4 is 17.1 Å². The van der Waals surface area contributed by atoms with Gasteiger partial charge in [0.25, 0.3) is 5.56 Å². The zero-order valence-electron chi connectivity index (χ0n) is 20.7. The minimum absolute atomic E-state index is 0.202. The Balaban J connectivity index is 1.60. The topological polar surface area (TPSA) is 82.1 Å². The molecule has 1 saturated heterocycles. The van der Waals surface area contributed by atoms with Crippen molar-refractivity contribution in [2.75, 3.05) is 13.1 Å². The first-order valence-electron chi connectivity index (χ1n) is 12.4. The van der Waals surface area contributed by atoms with E-state index in [4.69, 9.17) is 0 Å². The molecule has 0 radical (unpaired) electrons. The molecule has 0 saturated carbocycles. The summed E-state index contributed by atoms with van der Waals surface area (Å²) in [5.74, 6) is 0.574. The van der Waals surface area contributed by atoms with Crippen LogP contribution in [0.5, 0.6) is 0 Å². The predicted molar refractivity (Wildman–Crippen MR) is 139 cm³/mol. The number of rotatable bonds is 6. The Morgan fingerprint density at radius 3 is 2.06 bits per heavy atom. The van der Waals surface area contributed by atoms with Gasteiger partial charge >= 0.3 is 5.69 Å². The van der Waals surface area contributed by atoms with E-state index in [1.807, 2.05) is 60.7 Å². The van der Waals surface area contributed by atoms with Gasteiger partial charge in [-0.25, -0.2) is 14.3 Å². The van der Waals surface area contributed by atoms with Gasteiger partial charge in [0, 0.05) is 19.6 Å². The van der Waals surface area contributed by atoms with Gasteiger partial charge in [-0.2, -0.15) is 0 Å². The van der Waals surface area contributed by atoms with Crippen LogP contribution in [-0.2, 0) is 24.4 Å². The molecule has 0 aliphatic carbocycles. The summed E-state index contributed by atoms with van der Waals surface area (Å²) in [5.41, 5.74) is 1.56. The molecule has 0 unspecified atom stereocenters. The number of amides is 1. The van der Waals surface area contributed by atoms with Gasteiger partial charge in [-0.15, -0.1) is 0 Å². The lowest BCUT2D eigenvalue weighted by Gasteiger charge is -2.35. The summed E-state index contributed by atoms with van der Waals surface area (Å²) in [6.07, 6.45) is 2.67. The SMILES string of the molecule is C[C@@H]1C[C@H](C)CN(C(=O)Cn2c(=O)c3c(ncn3Cc3ccccc3)n(Cc3ccccc3)c2=O)C1. The smallest absolute Gasteiger partial charge is 0.333 e. The molecular formula is C28H31N5O3. The Bertz CT molecular complexity index is 1480. The Morgan fingerprint density at radius 2 is 1.44 bits per heavy atom. The van der Waals surface area contributed by atoms with Crippen LogP contribution in [0.25, 0.3) is 11.2 Å². The van der Waals surface area contributed by atoms with Gasteiger partial charge in [-0.3, -0.25) is 14.2 Å². The Morgan fingerprint density at radius 1 is 0.861 bits per heavy atom. The van der Waals surface area contributed by atoms with E-state index in [-0.39, 0.29) is 19.0 Å². The summed E-state index contributed by atoms with van der Waals surface area (Å²) in [6, 6.07) is 19.4. The van der Waals surface area contributed by atoms with Crippen LogP contribution in [0, 0.1) is 11.8 Å². The third-order valence-electron chi connectivity index (χ3n) is 6.88. The summed E-state index contributed by atoms with van der Waals surface area (Å²) >= 11 is 0. The molecule has 0 spiro atoms. The fraction of sp³-hybridized carbons (Fsp3) is 0.357. The maximum absolute atomic E-state index is 13.7. The number of carbonyl (C=O) groups excluding carboxylic acids is 1. The average molecular weight is 486 g/mol.